The van der Waals surface area contributed by atoms with E-state index in [0.29, 0.717) is 12.8 Å². The Morgan fingerprint density at radius 3 is 1.09 bits per heavy atom. The molecule has 2 aliphatic heterocycles. The van der Waals surface area contributed by atoms with E-state index in [4.69, 9.17) is 18.9 Å². The Bertz CT molecular complexity index is 2120. The first-order valence-electron chi connectivity index (χ1n) is 41.6. The second kappa shape index (κ2) is 69.7. The van der Waals surface area contributed by atoms with E-state index in [1.807, 2.05) is 6.08 Å². The third-order valence-electron chi connectivity index (χ3n) is 19.7. The van der Waals surface area contributed by atoms with Crippen molar-refractivity contribution in [2.75, 3.05) is 19.8 Å². The van der Waals surface area contributed by atoms with E-state index >= 15 is 0 Å². The second-order valence-corrected chi connectivity index (χ2v) is 28.9. The molecule has 0 aromatic carbocycles. The lowest BCUT2D eigenvalue weighted by atomic mass is 9.97. The summed E-state index contributed by atoms with van der Waals surface area (Å²) in [6.07, 6.45) is 84.7. The molecule has 2 saturated heterocycles. The average Bonchev–Trinajstić information content (AvgIpc) is 0.792. The van der Waals surface area contributed by atoms with Crippen molar-refractivity contribution in [1.29, 1.82) is 0 Å². The quantitative estimate of drug-likeness (QED) is 0.0204. The van der Waals surface area contributed by atoms with Crippen molar-refractivity contribution < 1.29 is 64.6 Å². The molecule has 0 aliphatic carbocycles. The Hall–Kier alpha value is -3.35. The molecule has 0 spiro atoms. The number of unbranched alkanes of at least 4 members (excludes halogenated alkanes) is 40. The first-order chi connectivity index (χ1) is 49.6. The zero-order chi connectivity index (χ0) is 73.0. The smallest absolute Gasteiger partial charge is 0.220 e. The summed E-state index contributed by atoms with van der Waals surface area (Å²) in [5.41, 5.74) is 0. The minimum absolute atomic E-state index is 0.251. The highest BCUT2D eigenvalue weighted by Crippen LogP contribution is 2.30. The van der Waals surface area contributed by atoms with Crippen LogP contribution in [0.3, 0.4) is 0 Å². The van der Waals surface area contributed by atoms with Gasteiger partial charge < -0.3 is 65.1 Å². The molecule has 2 fully saturated rings. The number of allylic oxidation sites excluding steroid dienone is 17. The predicted octanol–water partition coefficient (Wildman–Crippen LogP) is 19.4. The van der Waals surface area contributed by atoms with Gasteiger partial charge in [-0.2, -0.15) is 0 Å². The predicted molar refractivity (Wildman–Crippen MR) is 419 cm³/mol. The van der Waals surface area contributed by atoms with E-state index < -0.39 is 86.8 Å². The first-order valence-corrected chi connectivity index (χ1v) is 41.6. The Balaban J connectivity index is 1.62. The largest absolute Gasteiger partial charge is 0.394 e. The van der Waals surface area contributed by atoms with Gasteiger partial charge in [0.2, 0.25) is 5.91 Å². The number of aliphatic hydroxyl groups is 8. The number of hydrogen-bond acceptors (Lipinski definition) is 13. The van der Waals surface area contributed by atoms with Crippen LogP contribution < -0.4 is 5.32 Å². The van der Waals surface area contributed by atoms with Crippen LogP contribution in [0.2, 0.25) is 0 Å². The van der Waals surface area contributed by atoms with Gasteiger partial charge in [0.05, 0.1) is 32.0 Å². The lowest BCUT2D eigenvalue weighted by molar-refractivity contribution is -0.359. The van der Waals surface area contributed by atoms with Crippen molar-refractivity contribution in [3.8, 4) is 0 Å². The fraction of sp³-hybridized carbons (Fsp3) is 0.782. The van der Waals surface area contributed by atoms with E-state index in [-0.39, 0.29) is 18.9 Å². The highest BCUT2D eigenvalue weighted by molar-refractivity contribution is 5.76. The van der Waals surface area contributed by atoms with Crippen molar-refractivity contribution in [3.63, 3.8) is 0 Å². The van der Waals surface area contributed by atoms with Crippen LogP contribution in [0, 0.1) is 0 Å². The maximum Gasteiger partial charge on any atom is 0.220 e. The molecule has 1 amide bonds. The van der Waals surface area contributed by atoms with Crippen LogP contribution in [0.15, 0.2) is 109 Å². The average molecular weight is 1420 g/mol. The summed E-state index contributed by atoms with van der Waals surface area (Å²) in [5, 5.41) is 87.7. The maximum atomic E-state index is 13.4. The summed E-state index contributed by atoms with van der Waals surface area (Å²) in [7, 11) is 0. The summed E-state index contributed by atoms with van der Waals surface area (Å²) in [6.45, 7) is 2.70. The van der Waals surface area contributed by atoms with Gasteiger partial charge in [-0.25, -0.2) is 0 Å². The molecule has 14 heteroatoms. The van der Waals surface area contributed by atoms with Gasteiger partial charge in [0.1, 0.15) is 48.8 Å². The Morgan fingerprint density at radius 1 is 0.366 bits per heavy atom. The Kier molecular flexibility index (Phi) is 64.7. The summed E-state index contributed by atoms with van der Waals surface area (Å²) in [5.74, 6) is -0.251. The number of rotatable bonds is 69. The monoisotopic (exact) mass is 1420 g/mol. The summed E-state index contributed by atoms with van der Waals surface area (Å²) in [6, 6.07) is -0.945. The molecule has 0 bridgehead atoms. The van der Waals surface area contributed by atoms with Crippen molar-refractivity contribution in [2.24, 2.45) is 0 Å². The molecule has 0 saturated carbocycles. The molecule has 584 valence electrons. The van der Waals surface area contributed by atoms with Gasteiger partial charge in [-0.3, -0.25) is 4.79 Å². The fourth-order valence-electron chi connectivity index (χ4n) is 13.2. The van der Waals surface area contributed by atoms with E-state index in [0.717, 1.165) is 83.5 Å². The topological polar surface area (TPSA) is 228 Å². The number of amides is 1. The van der Waals surface area contributed by atoms with Crippen LogP contribution in [0.1, 0.15) is 341 Å². The van der Waals surface area contributed by atoms with Gasteiger partial charge in [-0.15, -0.1) is 0 Å². The van der Waals surface area contributed by atoms with E-state index in [1.54, 1.807) is 6.08 Å². The minimum atomic E-state index is -1.80. The van der Waals surface area contributed by atoms with Gasteiger partial charge in [-0.05, 0) is 96.3 Å². The summed E-state index contributed by atoms with van der Waals surface area (Å²) < 4.78 is 22.9. The van der Waals surface area contributed by atoms with Crippen LogP contribution >= 0.6 is 0 Å². The van der Waals surface area contributed by atoms with Crippen LogP contribution in [-0.4, -0.2) is 140 Å². The van der Waals surface area contributed by atoms with Gasteiger partial charge >= 0.3 is 0 Å². The summed E-state index contributed by atoms with van der Waals surface area (Å²) in [4.78, 5) is 13.4. The number of aliphatic hydroxyl groups excluding tert-OH is 8. The lowest BCUT2D eigenvalue weighted by Gasteiger charge is -2.46. The van der Waals surface area contributed by atoms with E-state index in [1.165, 1.54) is 225 Å². The molecule has 0 aromatic heterocycles. The number of carbonyl (C=O) groups is 1. The number of nitrogens with one attached hydrogen (secondary N) is 1. The maximum absolute atomic E-state index is 13.4. The standard InChI is InChI=1S/C87H153NO13/c1-3-5-7-9-11-13-15-17-19-21-23-25-27-29-31-33-35-36-37-38-39-40-41-43-45-47-49-51-53-55-57-59-61-63-65-67-69-71-79(92)88-75(74-98-86-84(97)82(95)85(78(73-90)100-86)101-87-83(96)81(94)80(93)77(72-89)99-87)76(91)70-68-66-64-62-60-58-56-54-52-50-48-46-44-42-34-32-30-28-26-24-22-20-18-16-14-12-10-8-6-4-2/h5,7,11,13,17,19,23,25,29,31,35-36,52,54,60,62,68,70,75-78,80-87,89-91,93-97H,3-4,6,8-10,12,14-16,18,20-22,24,26-28,30,32-34,37-51,53,55-59,61,63-67,69,71-74H2,1-2H3,(H,88,92)/b7-5-,13-11-,19-17-,25-23-,31-29-,36-35-,54-52+,62-60+,70-68+. The lowest BCUT2D eigenvalue weighted by Crippen LogP contribution is -2.65. The Labute approximate surface area is 616 Å². The van der Waals surface area contributed by atoms with Crippen molar-refractivity contribution >= 4 is 5.91 Å². The van der Waals surface area contributed by atoms with Crippen LogP contribution in [0.4, 0.5) is 0 Å². The molecule has 0 aromatic rings. The zero-order valence-corrected chi connectivity index (χ0v) is 64.1. The highest BCUT2D eigenvalue weighted by Gasteiger charge is 2.51. The third kappa shape index (κ3) is 52.3. The van der Waals surface area contributed by atoms with Crippen LogP contribution in [-0.2, 0) is 23.7 Å². The molecule has 2 aliphatic rings. The van der Waals surface area contributed by atoms with Crippen molar-refractivity contribution in [2.45, 2.75) is 415 Å². The molecule has 2 rings (SSSR count). The van der Waals surface area contributed by atoms with Crippen LogP contribution in [0.25, 0.3) is 0 Å². The van der Waals surface area contributed by atoms with Gasteiger partial charge in [0.15, 0.2) is 12.6 Å². The third-order valence-corrected chi connectivity index (χ3v) is 19.7. The molecule has 14 nitrogen and oxygen atoms in total. The fourth-order valence-corrected chi connectivity index (χ4v) is 13.2. The number of ether oxygens (including phenoxy) is 4. The molecule has 12 unspecified atom stereocenters. The zero-order valence-electron chi connectivity index (χ0n) is 64.1. The molecule has 0 radical (unpaired) electrons. The molecule has 12 atom stereocenters. The van der Waals surface area contributed by atoms with Crippen molar-refractivity contribution in [1.82, 2.24) is 5.32 Å². The summed E-state index contributed by atoms with van der Waals surface area (Å²) >= 11 is 0. The Morgan fingerprint density at radius 2 is 0.693 bits per heavy atom. The molecule has 101 heavy (non-hydrogen) atoms. The van der Waals surface area contributed by atoms with Crippen molar-refractivity contribution in [3.05, 3.63) is 109 Å². The normalized spacial score (nSPS) is 22.3. The molecular weight excluding hydrogens is 1270 g/mol. The molecule has 9 N–H and O–H groups in total. The molecule has 2 heterocycles. The van der Waals surface area contributed by atoms with Gasteiger partial charge in [0.25, 0.3) is 0 Å². The van der Waals surface area contributed by atoms with Crippen LogP contribution in [0.5, 0.6) is 0 Å². The van der Waals surface area contributed by atoms with E-state index in [9.17, 15) is 45.6 Å². The SMILES string of the molecule is CC/C=C\C/C=C\C/C=C\C/C=C\C/C=C\C/C=C\CCCCCCCCCCCCCCCCCCCCC(=O)NC(COC1OC(CO)C(OC2OC(CO)C(O)C(O)C2O)C(O)C1O)C(O)/C=C/CC/C=C/CC/C=C/CCCCCCCCCCCCCCCCCCCCCC. The minimum Gasteiger partial charge on any atom is -0.394 e. The van der Waals surface area contributed by atoms with Gasteiger partial charge in [-0.1, -0.05) is 348 Å². The highest BCUT2D eigenvalue weighted by atomic mass is 16.7. The van der Waals surface area contributed by atoms with E-state index in [2.05, 4.69) is 116 Å². The van der Waals surface area contributed by atoms with Gasteiger partial charge in [0, 0.05) is 6.42 Å². The first kappa shape index (κ1) is 93.7. The molecular formula is C87H153NO13. The second-order valence-electron chi connectivity index (χ2n) is 28.9. The number of carbonyl (C=O) groups excluding carboxylic acids is 1. The number of hydrogen-bond donors (Lipinski definition) is 9.